The van der Waals surface area contributed by atoms with Gasteiger partial charge in [-0.3, -0.25) is 0 Å². The Morgan fingerprint density at radius 2 is 1.35 bits per heavy atom. The molecular weight excluding hydrogens is 272 g/mol. The Hall–Kier alpha value is -1.69. The van der Waals surface area contributed by atoms with Crippen LogP contribution < -0.4 is 10.5 Å². The summed E-state index contributed by atoms with van der Waals surface area (Å²) in [5.41, 5.74) is 7.15. The summed E-state index contributed by atoms with van der Waals surface area (Å²) in [4.78, 5) is 0. The highest BCUT2D eigenvalue weighted by Gasteiger charge is 2.20. The van der Waals surface area contributed by atoms with E-state index in [-0.39, 0.29) is 12.3 Å². The molecule has 0 saturated heterocycles. The van der Waals surface area contributed by atoms with Crippen molar-refractivity contribution >= 4 is 10.0 Å². The molecule has 106 valence electrons. The van der Waals surface area contributed by atoms with E-state index in [9.17, 15) is 8.42 Å². The summed E-state index contributed by atoms with van der Waals surface area (Å²) in [5, 5.41) is 0. The molecule has 0 heterocycles. The number of nitrogens with one attached hydrogen (secondary N) is 1. The minimum absolute atomic E-state index is 0.0802. The van der Waals surface area contributed by atoms with Crippen LogP contribution in [0.5, 0.6) is 0 Å². The fourth-order valence-corrected chi connectivity index (χ4v) is 3.07. The molecule has 0 unspecified atom stereocenters. The van der Waals surface area contributed by atoms with Crippen molar-refractivity contribution in [3.63, 3.8) is 0 Å². The third kappa shape index (κ3) is 3.90. The second-order valence-electron chi connectivity index (χ2n) is 4.48. The van der Waals surface area contributed by atoms with E-state index in [2.05, 4.69) is 4.72 Å². The molecule has 0 radical (unpaired) electrons. The summed E-state index contributed by atoms with van der Waals surface area (Å²) in [6.45, 7) is 0.103. The van der Waals surface area contributed by atoms with Crippen LogP contribution in [-0.4, -0.2) is 20.7 Å². The summed E-state index contributed by atoms with van der Waals surface area (Å²) in [6.07, 6.45) is 0. The largest absolute Gasteiger partial charge is 0.329 e. The quantitative estimate of drug-likeness (QED) is 0.849. The van der Waals surface area contributed by atoms with Gasteiger partial charge in [-0.25, -0.2) is 13.1 Å². The molecule has 0 aliphatic carbocycles. The maximum atomic E-state index is 12.0. The lowest BCUT2D eigenvalue weighted by molar-refractivity contribution is 0.572. The number of benzene rings is 2. The Balaban J connectivity index is 2.36. The van der Waals surface area contributed by atoms with Crippen LogP contribution in [0.2, 0.25) is 0 Å². The van der Waals surface area contributed by atoms with Gasteiger partial charge >= 0.3 is 0 Å². The Morgan fingerprint density at radius 3 is 1.75 bits per heavy atom. The SMILES string of the molecule is NCCS(=O)(=O)NC(c1ccccc1)c1ccccc1. The second kappa shape index (κ2) is 6.65. The van der Waals surface area contributed by atoms with Gasteiger partial charge in [-0.15, -0.1) is 0 Å². The zero-order valence-electron chi connectivity index (χ0n) is 11.1. The van der Waals surface area contributed by atoms with Crippen LogP contribution in [0, 0.1) is 0 Å². The predicted octanol–water partition coefficient (Wildman–Crippen LogP) is 1.65. The highest BCUT2D eigenvalue weighted by atomic mass is 32.2. The summed E-state index contributed by atoms with van der Waals surface area (Å²) in [5.74, 6) is -0.0802. The molecule has 0 aliphatic rings. The van der Waals surface area contributed by atoms with Gasteiger partial charge in [0.2, 0.25) is 10.0 Å². The monoisotopic (exact) mass is 290 g/mol. The second-order valence-corrected chi connectivity index (χ2v) is 6.35. The van der Waals surface area contributed by atoms with E-state index in [4.69, 9.17) is 5.73 Å². The Bertz CT molecular complexity index is 588. The van der Waals surface area contributed by atoms with Crippen molar-refractivity contribution < 1.29 is 8.42 Å². The molecule has 2 aromatic rings. The maximum Gasteiger partial charge on any atom is 0.213 e. The van der Waals surface area contributed by atoms with Gasteiger partial charge in [-0.05, 0) is 11.1 Å². The highest BCUT2D eigenvalue weighted by Crippen LogP contribution is 2.22. The van der Waals surface area contributed by atoms with E-state index in [0.29, 0.717) is 0 Å². The van der Waals surface area contributed by atoms with Crippen molar-refractivity contribution in [1.82, 2.24) is 4.72 Å². The first-order valence-electron chi connectivity index (χ1n) is 6.42. The fourth-order valence-electron chi connectivity index (χ4n) is 2.01. The Kier molecular flexibility index (Phi) is 4.89. The van der Waals surface area contributed by atoms with E-state index < -0.39 is 16.1 Å². The first kappa shape index (κ1) is 14.7. The van der Waals surface area contributed by atoms with Gasteiger partial charge in [0.15, 0.2) is 0 Å². The van der Waals surface area contributed by atoms with Crippen LogP contribution >= 0.6 is 0 Å². The first-order chi connectivity index (χ1) is 9.62. The number of hydrogen-bond donors (Lipinski definition) is 2. The Morgan fingerprint density at radius 1 is 0.900 bits per heavy atom. The van der Waals surface area contributed by atoms with Gasteiger partial charge in [0.1, 0.15) is 0 Å². The smallest absolute Gasteiger partial charge is 0.213 e. The third-order valence-corrected chi connectivity index (χ3v) is 4.32. The van der Waals surface area contributed by atoms with Crippen LogP contribution in [0.25, 0.3) is 0 Å². The van der Waals surface area contributed by atoms with Crippen molar-refractivity contribution in [2.75, 3.05) is 12.3 Å². The highest BCUT2D eigenvalue weighted by molar-refractivity contribution is 7.89. The van der Waals surface area contributed by atoms with E-state index in [0.717, 1.165) is 11.1 Å². The summed E-state index contributed by atoms with van der Waals surface area (Å²) in [7, 11) is -3.40. The van der Waals surface area contributed by atoms with E-state index in [1.165, 1.54) is 0 Å². The molecule has 20 heavy (non-hydrogen) atoms. The lowest BCUT2D eigenvalue weighted by Gasteiger charge is -2.19. The van der Waals surface area contributed by atoms with Gasteiger partial charge < -0.3 is 5.73 Å². The molecule has 0 bridgehead atoms. The molecule has 0 spiro atoms. The molecule has 0 aromatic heterocycles. The van der Waals surface area contributed by atoms with Crippen molar-refractivity contribution in [2.24, 2.45) is 5.73 Å². The van der Waals surface area contributed by atoms with Gasteiger partial charge in [0, 0.05) is 6.54 Å². The average molecular weight is 290 g/mol. The van der Waals surface area contributed by atoms with Crippen molar-refractivity contribution in [3.8, 4) is 0 Å². The molecule has 0 aliphatic heterocycles. The van der Waals surface area contributed by atoms with Crippen molar-refractivity contribution in [1.29, 1.82) is 0 Å². The lowest BCUT2D eigenvalue weighted by atomic mass is 10.00. The molecular formula is C15H18N2O2S. The van der Waals surface area contributed by atoms with Crippen LogP contribution in [0.1, 0.15) is 17.2 Å². The van der Waals surface area contributed by atoms with Crippen LogP contribution in [0.15, 0.2) is 60.7 Å². The Labute approximate surface area is 119 Å². The molecule has 0 atom stereocenters. The molecule has 5 heteroatoms. The topological polar surface area (TPSA) is 72.2 Å². The van der Waals surface area contributed by atoms with E-state index in [1.54, 1.807) is 0 Å². The molecule has 3 N–H and O–H groups in total. The molecule has 2 rings (SSSR count). The molecule has 4 nitrogen and oxygen atoms in total. The van der Waals surface area contributed by atoms with Crippen LogP contribution in [0.4, 0.5) is 0 Å². The zero-order chi connectivity index (χ0) is 14.4. The molecule has 0 amide bonds. The third-order valence-electron chi connectivity index (χ3n) is 2.95. The van der Waals surface area contributed by atoms with Crippen LogP contribution in [0.3, 0.4) is 0 Å². The zero-order valence-corrected chi connectivity index (χ0v) is 11.9. The average Bonchev–Trinajstić information content (AvgIpc) is 2.47. The number of rotatable bonds is 6. The maximum absolute atomic E-state index is 12.0. The fraction of sp³-hybridized carbons (Fsp3) is 0.200. The van der Waals surface area contributed by atoms with E-state index in [1.807, 2.05) is 60.7 Å². The van der Waals surface area contributed by atoms with Gasteiger partial charge in [-0.2, -0.15) is 0 Å². The van der Waals surface area contributed by atoms with Crippen molar-refractivity contribution in [3.05, 3.63) is 71.8 Å². The lowest BCUT2D eigenvalue weighted by Crippen LogP contribution is -2.33. The summed E-state index contributed by atoms with van der Waals surface area (Å²) < 4.78 is 26.7. The standard InChI is InChI=1S/C15H18N2O2S/c16-11-12-20(18,19)17-15(13-7-3-1-4-8-13)14-9-5-2-6-10-14/h1-10,15,17H,11-12,16H2. The van der Waals surface area contributed by atoms with Gasteiger partial charge in [0.05, 0.1) is 11.8 Å². The van der Waals surface area contributed by atoms with Gasteiger partial charge in [0.25, 0.3) is 0 Å². The predicted molar refractivity (Wildman–Crippen MR) is 80.7 cm³/mol. The normalized spacial score (nSPS) is 11.7. The first-order valence-corrected chi connectivity index (χ1v) is 8.07. The van der Waals surface area contributed by atoms with Crippen molar-refractivity contribution in [2.45, 2.75) is 6.04 Å². The number of hydrogen-bond acceptors (Lipinski definition) is 3. The molecule has 0 fully saturated rings. The summed E-state index contributed by atoms with van der Waals surface area (Å²) in [6, 6.07) is 18.6. The molecule has 2 aromatic carbocycles. The number of nitrogens with two attached hydrogens (primary N) is 1. The van der Waals surface area contributed by atoms with Crippen LogP contribution in [-0.2, 0) is 10.0 Å². The van der Waals surface area contributed by atoms with E-state index >= 15 is 0 Å². The summed E-state index contributed by atoms with van der Waals surface area (Å²) >= 11 is 0. The van der Waals surface area contributed by atoms with Gasteiger partial charge in [-0.1, -0.05) is 60.7 Å². The minimum Gasteiger partial charge on any atom is -0.329 e. The molecule has 0 saturated carbocycles. The minimum atomic E-state index is -3.40. The number of sulfonamides is 1.